The molecule has 0 saturated carbocycles. The summed E-state index contributed by atoms with van der Waals surface area (Å²) < 4.78 is 25.2. The first-order chi connectivity index (χ1) is 20.8. The first-order valence-corrected chi connectivity index (χ1v) is 19.8. The summed E-state index contributed by atoms with van der Waals surface area (Å²) in [6.07, 6.45) is 4.02. The van der Waals surface area contributed by atoms with Crippen LogP contribution in [-0.4, -0.2) is 44.1 Å². The van der Waals surface area contributed by atoms with Crippen LogP contribution >= 0.6 is 0 Å². The average molecular weight is 649 g/mol. The van der Waals surface area contributed by atoms with E-state index >= 15 is 0 Å². The summed E-state index contributed by atoms with van der Waals surface area (Å²) in [6, 6.07) is 14.2. The van der Waals surface area contributed by atoms with Gasteiger partial charge in [-0.05, 0) is 119 Å². The highest BCUT2D eigenvalue weighted by atomic mass is 28.2. The molecule has 1 saturated heterocycles. The lowest BCUT2D eigenvalue weighted by atomic mass is 9.63. The minimum Gasteiger partial charge on any atom is -0.399 e. The number of rotatable bonds is 14. The number of aryl methyl sites for hydroxylation is 3. The van der Waals surface area contributed by atoms with Gasteiger partial charge in [-0.15, -0.1) is 0 Å². The molecule has 0 N–H and O–H groups in total. The van der Waals surface area contributed by atoms with Gasteiger partial charge in [-0.1, -0.05) is 90.4 Å². The summed E-state index contributed by atoms with van der Waals surface area (Å²) in [4.78, 5) is 0. The molecule has 0 spiro atoms. The summed E-state index contributed by atoms with van der Waals surface area (Å²) in [7, 11) is 0.481. The van der Waals surface area contributed by atoms with Crippen LogP contribution in [0.25, 0.3) is 0 Å². The highest BCUT2D eigenvalue weighted by Crippen LogP contribution is 2.47. The zero-order chi connectivity index (χ0) is 34.0. The highest BCUT2D eigenvalue weighted by molar-refractivity contribution is 6.62. The van der Waals surface area contributed by atoms with E-state index in [9.17, 15) is 0 Å². The Bertz CT molecular complexity index is 1260. The first-order valence-electron chi connectivity index (χ1n) is 17.0. The molecular weight excluding hydrogens is 587 g/mol. The van der Waals surface area contributed by atoms with Crippen LogP contribution in [0.3, 0.4) is 0 Å². The van der Waals surface area contributed by atoms with E-state index in [0.717, 1.165) is 31.1 Å². The smallest absolute Gasteiger partial charge is 0.399 e. The van der Waals surface area contributed by atoms with Crippen molar-refractivity contribution in [3.8, 4) is 0 Å². The van der Waals surface area contributed by atoms with Crippen molar-refractivity contribution < 1.29 is 18.2 Å². The zero-order valence-electron chi connectivity index (χ0n) is 31.2. The van der Waals surface area contributed by atoms with E-state index in [4.69, 9.17) is 18.2 Å². The van der Waals surface area contributed by atoms with E-state index in [1.54, 1.807) is 0 Å². The molecule has 0 aliphatic carbocycles. The maximum absolute atomic E-state index is 6.41. The van der Waals surface area contributed by atoms with Crippen LogP contribution in [0.5, 0.6) is 0 Å². The van der Waals surface area contributed by atoms with Crippen LogP contribution in [0, 0.1) is 30.6 Å². The Morgan fingerprint density at radius 2 is 1.27 bits per heavy atom. The predicted molar refractivity (Wildman–Crippen MR) is 194 cm³/mol. The number of benzene rings is 2. The fourth-order valence-electron chi connectivity index (χ4n) is 7.64. The molecule has 2 aromatic carbocycles. The Hall–Kier alpha value is -1.22. The first kappa shape index (κ1) is 38.2. The van der Waals surface area contributed by atoms with Crippen LogP contribution in [0.2, 0.25) is 13.1 Å². The van der Waals surface area contributed by atoms with Gasteiger partial charge in [-0.25, -0.2) is 0 Å². The fourth-order valence-corrected chi connectivity index (χ4v) is 8.87. The van der Waals surface area contributed by atoms with Gasteiger partial charge in [0.15, 0.2) is 0 Å². The van der Waals surface area contributed by atoms with Crippen molar-refractivity contribution in [3.05, 3.63) is 64.2 Å². The van der Waals surface area contributed by atoms with Crippen molar-refractivity contribution in [1.29, 1.82) is 0 Å². The van der Waals surface area contributed by atoms with Crippen LogP contribution in [0.4, 0.5) is 0 Å². The standard InChI is InChI=1S/C38H61BO4Si2/c1-16-38(17-2,30-21-22-31(27(4)25-30)39-42-36(10,11)37(12,13)43-39)29-20-18-28(26(3)24-29)19-23-32(34(5,6)7)35(8,9)33(40-44-14)41-45-15/h18,20-22,24-25,32-33H,16-17,19,23H2,1-15H3. The molecule has 1 aliphatic rings. The molecule has 1 aliphatic heterocycles. The van der Waals surface area contributed by atoms with Gasteiger partial charge < -0.3 is 18.2 Å². The molecule has 0 aromatic heterocycles. The molecular formula is C38H61BO4Si2. The average Bonchev–Trinajstić information content (AvgIpc) is 3.16. The van der Waals surface area contributed by atoms with E-state index in [1.807, 2.05) is 0 Å². The van der Waals surface area contributed by atoms with Crippen LogP contribution in [0.15, 0.2) is 36.4 Å². The summed E-state index contributed by atoms with van der Waals surface area (Å²) in [6.45, 7) is 33.6. The molecule has 3 rings (SSSR count). The van der Waals surface area contributed by atoms with Crippen LogP contribution < -0.4 is 5.46 Å². The Morgan fingerprint density at radius 3 is 1.69 bits per heavy atom. The quantitative estimate of drug-likeness (QED) is 0.151. The fraction of sp³-hybridized carbons (Fsp3) is 0.684. The molecule has 1 atom stereocenters. The second-order valence-corrected chi connectivity index (χ2v) is 17.1. The lowest BCUT2D eigenvalue weighted by Crippen LogP contribution is -2.46. The largest absolute Gasteiger partial charge is 0.495 e. The van der Waals surface area contributed by atoms with E-state index in [0.29, 0.717) is 25.4 Å². The minimum absolute atomic E-state index is 0.0534. The zero-order valence-corrected chi connectivity index (χ0v) is 33.2. The molecule has 248 valence electrons. The molecule has 4 radical (unpaired) electrons. The summed E-state index contributed by atoms with van der Waals surface area (Å²) in [5.41, 5.74) is 7.19. The third-order valence-electron chi connectivity index (χ3n) is 11.1. The van der Waals surface area contributed by atoms with Crippen molar-refractivity contribution in [2.45, 2.75) is 152 Å². The molecule has 1 fully saturated rings. The SMILES string of the molecule is CCC(CC)(c1ccc(CCC(C(C)(C)C)C(C)(C)C(O[Si]C)O[Si]C)c(C)c1)c1ccc(B2OC(C)(C)C(C)(C)O2)c(C)c1. The summed E-state index contributed by atoms with van der Waals surface area (Å²) in [5, 5.41) is 0. The second kappa shape index (κ2) is 14.5. The maximum Gasteiger partial charge on any atom is 0.495 e. The highest BCUT2D eigenvalue weighted by Gasteiger charge is 2.52. The third-order valence-corrected chi connectivity index (χ3v) is 12.0. The van der Waals surface area contributed by atoms with Gasteiger partial charge >= 0.3 is 7.12 Å². The lowest BCUT2D eigenvalue weighted by Gasteiger charge is -2.47. The molecule has 4 nitrogen and oxygen atoms in total. The minimum atomic E-state index is -0.351. The van der Waals surface area contributed by atoms with Gasteiger partial charge in [0.25, 0.3) is 0 Å². The Labute approximate surface area is 282 Å². The van der Waals surface area contributed by atoms with Crippen molar-refractivity contribution in [3.63, 3.8) is 0 Å². The van der Waals surface area contributed by atoms with Crippen molar-refractivity contribution in [1.82, 2.24) is 0 Å². The summed E-state index contributed by atoms with van der Waals surface area (Å²) >= 11 is 0. The van der Waals surface area contributed by atoms with Gasteiger partial charge in [-0.2, -0.15) is 0 Å². The molecule has 1 unspecified atom stereocenters. The molecule has 7 heteroatoms. The molecule has 45 heavy (non-hydrogen) atoms. The van der Waals surface area contributed by atoms with Gasteiger partial charge in [0, 0.05) is 10.8 Å². The number of hydrogen-bond acceptors (Lipinski definition) is 4. The van der Waals surface area contributed by atoms with Crippen LogP contribution in [-0.2, 0) is 30.0 Å². The van der Waals surface area contributed by atoms with E-state index < -0.39 is 0 Å². The van der Waals surface area contributed by atoms with Crippen molar-refractivity contribution >= 4 is 32.1 Å². The van der Waals surface area contributed by atoms with E-state index in [-0.39, 0.29) is 40.9 Å². The Morgan fingerprint density at radius 1 is 0.778 bits per heavy atom. The van der Waals surface area contributed by atoms with Gasteiger partial charge in [-0.3, -0.25) is 0 Å². The molecule has 0 bridgehead atoms. The monoisotopic (exact) mass is 648 g/mol. The van der Waals surface area contributed by atoms with Gasteiger partial charge in [0.2, 0.25) is 19.5 Å². The maximum atomic E-state index is 6.41. The third kappa shape index (κ3) is 7.92. The van der Waals surface area contributed by atoms with Gasteiger partial charge in [0.1, 0.15) is 6.29 Å². The molecule has 2 aromatic rings. The Balaban J connectivity index is 1.90. The van der Waals surface area contributed by atoms with Gasteiger partial charge in [0.05, 0.1) is 11.2 Å². The predicted octanol–water partition coefficient (Wildman–Crippen LogP) is 9.02. The molecule has 1 heterocycles. The van der Waals surface area contributed by atoms with Crippen LogP contribution in [0.1, 0.15) is 123 Å². The topological polar surface area (TPSA) is 36.9 Å². The summed E-state index contributed by atoms with van der Waals surface area (Å²) in [5.74, 6) is 0.428. The second-order valence-electron chi connectivity index (χ2n) is 15.8. The number of hydrogen-bond donors (Lipinski definition) is 0. The van der Waals surface area contributed by atoms with E-state index in [2.05, 4.69) is 140 Å². The lowest BCUT2D eigenvalue weighted by molar-refractivity contribution is -0.126. The molecule has 0 amide bonds. The Kier molecular flexibility index (Phi) is 12.3. The van der Waals surface area contributed by atoms with Crippen molar-refractivity contribution in [2.75, 3.05) is 0 Å². The van der Waals surface area contributed by atoms with E-state index in [1.165, 1.54) is 27.8 Å². The van der Waals surface area contributed by atoms with Crippen molar-refractivity contribution in [2.24, 2.45) is 16.7 Å². The normalized spacial score (nSPS) is 17.7.